The highest BCUT2D eigenvalue weighted by Gasteiger charge is 2.07. The lowest BCUT2D eigenvalue weighted by Gasteiger charge is -2.10. The van der Waals surface area contributed by atoms with E-state index in [1.54, 1.807) is 24.4 Å². The van der Waals surface area contributed by atoms with Gasteiger partial charge in [-0.2, -0.15) is 5.26 Å². The van der Waals surface area contributed by atoms with Crippen LogP contribution in [0.2, 0.25) is 0 Å². The fraction of sp³-hybridized carbons (Fsp3) is 0.0909. The maximum absolute atomic E-state index is 10.8. The molecule has 0 unspecified atom stereocenters. The summed E-state index contributed by atoms with van der Waals surface area (Å²) in [6, 6.07) is 21.3. The number of nitro groups is 1. The van der Waals surface area contributed by atoms with Gasteiger partial charge >= 0.3 is 0 Å². The van der Waals surface area contributed by atoms with Crippen molar-refractivity contribution >= 4 is 34.5 Å². The van der Waals surface area contributed by atoms with Crippen molar-refractivity contribution in [2.45, 2.75) is 13.2 Å². The zero-order chi connectivity index (χ0) is 21.3. The maximum Gasteiger partial charge on any atom is 0.269 e. The molecule has 0 saturated heterocycles. The molecule has 0 bridgehead atoms. The SMILES string of the molecule is N#Cc1ccccc1COc1ccc(/C=N\OCc2cccc([N+](=O)[O-])c2)cc1I. The van der Waals surface area contributed by atoms with E-state index in [0.717, 1.165) is 14.7 Å². The first-order valence-corrected chi connectivity index (χ1v) is 9.93. The van der Waals surface area contributed by atoms with Gasteiger partial charge in [0.25, 0.3) is 5.69 Å². The smallest absolute Gasteiger partial charge is 0.269 e. The Morgan fingerprint density at radius 2 is 1.93 bits per heavy atom. The molecule has 0 aliphatic rings. The minimum atomic E-state index is -0.447. The molecule has 0 radical (unpaired) electrons. The minimum absolute atomic E-state index is 0.0163. The van der Waals surface area contributed by atoms with Crippen LogP contribution in [-0.4, -0.2) is 11.1 Å². The van der Waals surface area contributed by atoms with E-state index in [1.807, 2.05) is 36.4 Å². The van der Waals surface area contributed by atoms with Crippen LogP contribution in [0.3, 0.4) is 0 Å². The summed E-state index contributed by atoms with van der Waals surface area (Å²) in [5, 5.41) is 23.9. The van der Waals surface area contributed by atoms with Gasteiger partial charge in [-0.1, -0.05) is 35.5 Å². The van der Waals surface area contributed by atoms with Gasteiger partial charge in [0.15, 0.2) is 0 Å². The van der Waals surface area contributed by atoms with Crippen LogP contribution in [0.5, 0.6) is 5.75 Å². The van der Waals surface area contributed by atoms with Crippen LogP contribution in [0, 0.1) is 25.0 Å². The second-order valence-electron chi connectivity index (χ2n) is 6.18. The van der Waals surface area contributed by atoms with E-state index in [2.05, 4.69) is 33.8 Å². The van der Waals surface area contributed by atoms with Crippen molar-refractivity contribution in [2.75, 3.05) is 0 Å². The van der Waals surface area contributed by atoms with E-state index in [9.17, 15) is 10.1 Å². The van der Waals surface area contributed by atoms with E-state index >= 15 is 0 Å². The number of halogens is 1. The summed E-state index contributed by atoms with van der Waals surface area (Å²) in [6.07, 6.45) is 1.56. The van der Waals surface area contributed by atoms with Gasteiger partial charge in [0.1, 0.15) is 19.0 Å². The van der Waals surface area contributed by atoms with Gasteiger partial charge in [-0.05, 0) is 58.0 Å². The first-order chi connectivity index (χ1) is 14.6. The maximum atomic E-state index is 10.8. The summed E-state index contributed by atoms with van der Waals surface area (Å²) in [4.78, 5) is 15.6. The normalized spacial score (nSPS) is 10.5. The van der Waals surface area contributed by atoms with Crippen molar-refractivity contribution in [2.24, 2.45) is 5.16 Å². The predicted octanol–water partition coefficient (Wildman–Crippen LogP) is 5.20. The Kier molecular flexibility index (Phi) is 7.34. The van der Waals surface area contributed by atoms with Crippen LogP contribution in [0.4, 0.5) is 5.69 Å². The lowest BCUT2D eigenvalue weighted by molar-refractivity contribution is -0.384. The van der Waals surface area contributed by atoms with Crippen molar-refractivity contribution in [1.82, 2.24) is 0 Å². The summed E-state index contributed by atoms with van der Waals surface area (Å²) >= 11 is 2.17. The fourth-order valence-corrected chi connectivity index (χ4v) is 3.29. The van der Waals surface area contributed by atoms with Crippen LogP contribution >= 0.6 is 22.6 Å². The molecule has 0 saturated carbocycles. The average molecular weight is 513 g/mol. The number of non-ortho nitro benzene ring substituents is 1. The number of hydrogen-bond acceptors (Lipinski definition) is 6. The summed E-state index contributed by atoms with van der Waals surface area (Å²) in [5.41, 5.74) is 2.93. The highest BCUT2D eigenvalue weighted by Crippen LogP contribution is 2.23. The van der Waals surface area contributed by atoms with Crippen molar-refractivity contribution < 1.29 is 14.5 Å². The van der Waals surface area contributed by atoms with Gasteiger partial charge in [0.05, 0.1) is 26.3 Å². The Bertz CT molecular complexity index is 1130. The standard InChI is InChI=1S/C22H16IN3O4/c23-21-11-16(13-25-30-14-17-4-3-7-20(10-17)26(27)28)8-9-22(21)29-15-19-6-2-1-5-18(19)12-24/h1-11,13H,14-15H2/b25-13-. The van der Waals surface area contributed by atoms with E-state index in [4.69, 9.17) is 14.8 Å². The van der Waals surface area contributed by atoms with E-state index in [-0.39, 0.29) is 12.3 Å². The van der Waals surface area contributed by atoms with Crippen molar-refractivity contribution in [3.63, 3.8) is 0 Å². The fourth-order valence-electron chi connectivity index (χ4n) is 2.59. The third kappa shape index (κ3) is 5.78. The Labute approximate surface area is 186 Å². The predicted molar refractivity (Wildman–Crippen MR) is 120 cm³/mol. The third-order valence-electron chi connectivity index (χ3n) is 4.11. The third-order valence-corrected chi connectivity index (χ3v) is 4.95. The molecule has 150 valence electrons. The Balaban J connectivity index is 1.56. The Morgan fingerprint density at radius 3 is 2.70 bits per heavy atom. The summed E-state index contributed by atoms with van der Waals surface area (Å²) in [6.45, 7) is 0.439. The molecule has 0 spiro atoms. The van der Waals surface area contributed by atoms with Gasteiger partial charge < -0.3 is 9.57 Å². The molecule has 0 aliphatic heterocycles. The number of benzene rings is 3. The molecule has 7 nitrogen and oxygen atoms in total. The number of rotatable bonds is 8. The lowest BCUT2D eigenvalue weighted by atomic mass is 10.1. The number of hydrogen-bond donors (Lipinski definition) is 0. The topological polar surface area (TPSA) is 97.8 Å². The van der Waals surface area contributed by atoms with Gasteiger partial charge in [0, 0.05) is 17.7 Å². The van der Waals surface area contributed by atoms with E-state index in [1.165, 1.54) is 12.1 Å². The largest absolute Gasteiger partial charge is 0.488 e. The van der Waals surface area contributed by atoms with Crippen LogP contribution in [0.25, 0.3) is 0 Å². The molecule has 0 aliphatic carbocycles. The quantitative estimate of drug-likeness (QED) is 0.179. The van der Waals surface area contributed by atoms with Crippen LogP contribution < -0.4 is 4.74 Å². The first kappa shape index (κ1) is 21.3. The van der Waals surface area contributed by atoms with Gasteiger partial charge in [-0.3, -0.25) is 10.1 Å². The molecule has 0 aromatic heterocycles. The molecule has 3 aromatic rings. The molecular weight excluding hydrogens is 497 g/mol. The lowest BCUT2D eigenvalue weighted by Crippen LogP contribution is -2.00. The molecule has 0 amide bonds. The number of nitrogens with zero attached hydrogens (tertiary/aromatic N) is 3. The second-order valence-corrected chi connectivity index (χ2v) is 7.34. The monoisotopic (exact) mass is 513 g/mol. The van der Waals surface area contributed by atoms with Gasteiger partial charge in [0.2, 0.25) is 0 Å². The molecule has 30 heavy (non-hydrogen) atoms. The Morgan fingerprint density at radius 1 is 1.10 bits per heavy atom. The summed E-state index contributed by atoms with van der Waals surface area (Å²) in [7, 11) is 0. The zero-order valence-electron chi connectivity index (χ0n) is 15.7. The molecule has 0 atom stereocenters. The van der Waals surface area contributed by atoms with E-state index < -0.39 is 4.92 Å². The molecule has 0 N–H and O–H groups in total. The highest BCUT2D eigenvalue weighted by atomic mass is 127. The molecular formula is C22H16IN3O4. The summed E-state index contributed by atoms with van der Waals surface area (Å²) < 4.78 is 6.74. The second kappa shape index (κ2) is 10.4. The summed E-state index contributed by atoms with van der Waals surface area (Å²) in [5.74, 6) is 0.706. The molecule has 0 heterocycles. The van der Waals surface area contributed by atoms with Crippen LogP contribution in [0.15, 0.2) is 71.9 Å². The average Bonchev–Trinajstić information content (AvgIpc) is 2.76. The molecule has 3 aromatic carbocycles. The number of nitriles is 1. The molecule has 3 rings (SSSR count). The van der Waals surface area contributed by atoms with Gasteiger partial charge in [-0.15, -0.1) is 0 Å². The molecule has 8 heteroatoms. The minimum Gasteiger partial charge on any atom is -0.488 e. The Hall–Kier alpha value is -3.45. The number of nitro benzene ring substituents is 1. The van der Waals surface area contributed by atoms with Crippen molar-refractivity contribution in [3.05, 3.63) is 103 Å². The van der Waals surface area contributed by atoms with Crippen LogP contribution in [0.1, 0.15) is 22.3 Å². The first-order valence-electron chi connectivity index (χ1n) is 8.86. The highest BCUT2D eigenvalue weighted by molar-refractivity contribution is 14.1. The van der Waals surface area contributed by atoms with Crippen molar-refractivity contribution in [1.29, 1.82) is 5.26 Å². The van der Waals surface area contributed by atoms with Crippen molar-refractivity contribution in [3.8, 4) is 11.8 Å². The van der Waals surface area contributed by atoms with Crippen LogP contribution in [-0.2, 0) is 18.1 Å². The number of oxime groups is 1. The number of ether oxygens (including phenoxy) is 1. The molecule has 0 fully saturated rings. The van der Waals surface area contributed by atoms with E-state index in [0.29, 0.717) is 23.5 Å². The zero-order valence-corrected chi connectivity index (χ0v) is 17.9. The van der Waals surface area contributed by atoms with Gasteiger partial charge in [-0.25, -0.2) is 0 Å².